The summed E-state index contributed by atoms with van der Waals surface area (Å²) >= 11 is 0. The number of nitrogens with one attached hydrogen (secondary N) is 2. The van der Waals surface area contributed by atoms with Crippen molar-refractivity contribution in [2.75, 3.05) is 6.61 Å². The minimum atomic E-state index is -0.573. The van der Waals surface area contributed by atoms with Crippen LogP contribution in [-0.2, 0) is 9.53 Å². The van der Waals surface area contributed by atoms with Crippen molar-refractivity contribution in [1.82, 2.24) is 9.97 Å². The summed E-state index contributed by atoms with van der Waals surface area (Å²) < 4.78 is 4.66. The van der Waals surface area contributed by atoms with Crippen LogP contribution in [0.15, 0.2) is 15.7 Å². The van der Waals surface area contributed by atoms with E-state index in [1.54, 1.807) is 13.8 Å². The molecule has 0 atom stereocenters. The molecule has 0 aromatic carbocycles. The van der Waals surface area contributed by atoms with Gasteiger partial charge in [-0.25, -0.2) is 9.59 Å². The lowest BCUT2D eigenvalue weighted by molar-refractivity contribution is -0.137. The number of aryl methyl sites for hydroxylation is 1. The maximum atomic E-state index is 11.4. The second-order valence-corrected chi connectivity index (χ2v) is 3.03. The fraction of sp³-hybridized carbons (Fsp3) is 0.300. The van der Waals surface area contributed by atoms with Crippen molar-refractivity contribution < 1.29 is 9.53 Å². The number of hydrogen-bond acceptors (Lipinski definition) is 4. The van der Waals surface area contributed by atoms with Crippen LogP contribution in [0.3, 0.4) is 0 Å². The molecule has 0 aliphatic rings. The summed E-state index contributed by atoms with van der Waals surface area (Å²) in [6.45, 7) is 3.52. The molecule has 0 saturated carbocycles. The molecule has 0 bridgehead atoms. The van der Waals surface area contributed by atoms with Crippen molar-refractivity contribution in [3.63, 3.8) is 0 Å². The number of H-pyrrole nitrogens is 2. The van der Waals surface area contributed by atoms with E-state index in [2.05, 4.69) is 14.7 Å². The number of aromatic amines is 2. The van der Waals surface area contributed by atoms with Gasteiger partial charge in [0.25, 0.3) is 5.56 Å². The molecule has 1 aromatic rings. The van der Waals surface area contributed by atoms with Gasteiger partial charge >= 0.3 is 11.7 Å². The van der Waals surface area contributed by atoms with Crippen molar-refractivity contribution >= 4 is 12.0 Å². The van der Waals surface area contributed by atoms with E-state index in [0.29, 0.717) is 5.69 Å². The van der Waals surface area contributed by atoms with Crippen molar-refractivity contribution in [1.29, 1.82) is 0 Å². The van der Waals surface area contributed by atoms with E-state index >= 15 is 0 Å². The van der Waals surface area contributed by atoms with Crippen LogP contribution in [0.25, 0.3) is 6.08 Å². The molecule has 1 rings (SSSR count). The van der Waals surface area contributed by atoms with E-state index in [0.717, 1.165) is 6.08 Å². The number of hydrogen-bond donors (Lipinski definition) is 2. The minimum Gasteiger partial charge on any atom is -0.463 e. The monoisotopic (exact) mass is 224 g/mol. The molecule has 0 spiro atoms. The van der Waals surface area contributed by atoms with Crippen LogP contribution in [0.2, 0.25) is 0 Å². The summed E-state index contributed by atoms with van der Waals surface area (Å²) in [5, 5.41) is 0. The standard InChI is InChI=1S/C10H12N2O4/c1-3-16-8(13)5-4-7-6(2)11-10(15)12-9(7)14/h4-5H,3H2,1-2H3,(H2,11,12,14,15)/b5-4-. The highest BCUT2D eigenvalue weighted by atomic mass is 16.5. The zero-order valence-electron chi connectivity index (χ0n) is 8.99. The Hall–Kier alpha value is -2.11. The number of rotatable bonds is 3. The third kappa shape index (κ3) is 2.94. The van der Waals surface area contributed by atoms with Crippen LogP contribution in [0.5, 0.6) is 0 Å². The van der Waals surface area contributed by atoms with Crippen LogP contribution in [0.1, 0.15) is 18.2 Å². The molecule has 0 radical (unpaired) electrons. The molecular formula is C10H12N2O4. The lowest BCUT2D eigenvalue weighted by Crippen LogP contribution is -2.25. The maximum Gasteiger partial charge on any atom is 0.330 e. The first kappa shape index (κ1) is 12.0. The van der Waals surface area contributed by atoms with Crippen LogP contribution < -0.4 is 11.2 Å². The van der Waals surface area contributed by atoms with Gasteiger partial charge in [0.1, 0.15) is 0 Å². The molecule has 0 aliphatic heterocycles. The van der Waals surface area contributed by atoms with Gasteiger partial charge in [0.05, 0.1) is 12.2 Å². The van der Waals surface area contributed by atoms with E-state index in [4.69, 9.17) is 0 Å². The highest BCUT2D eigenvalue weighted by molar-refractivity contribution is 5.87. The molecule has 0 fully saturated rings. The van der Waals surface area contributed by atoms with Crippen LogP contribution >= 0.6 is 0 Å². The molecule has 86 valence electrons. The van der Waals surface area contributed by atoms with E-state index in [9.17, 15) is 14.4 Å². The summed E-state index contributed by atoms with van der Waals surface area (Å²) in [4.78, 5) is 37.7. The minimum absolute atomic E-state index is 0.229. The van der Waals surface area contributed by atoms with Crippen molar-refractivity contribution in [2.24, 2.45) is 0 Å². The Bertz CT molecular complexity index is 524. The smallest absolute Gasteiger partial charge is 0.330 e. The molecule has 1 heterocycles. The van der Waals surface area contributed by atoms with Gasteiger partial charge in [0.15, 0.2) is 0 Å². The Morgan fingerprint density at radius 2 is 2.06 bits per heavy atom. The lowest BCUT2D eigenvalue weighted by Gasteiger charge is -1.98. The van der Waals surface area contributed by atoms with Crippen molar-refractivity contribution in [3.8, 4) is 0 Å². The quantitative estimate of drug-likeness (QED) is 0.556. The van der Waals surface area contributed by atoms with Gasteiger partial charge in [-0.15, -0.1) is 0 Å². The molecule has 16 heavy (non-hydrogen) atoms. The number of aromatic nitrogens is 2. The van der Waals surface area contributed by atoms with Crippen molar-refractivity contribution in [3.05, 3.63) is 38.2 Å². The van der Waals surface area contributed by atoms with Crippen LogP contribution in [0, 0.1) is 6.92 Å². The maximum absolute atomic E-state index is 11.4. The molecule has 0 saturated heterocycles. The third-order valence-electron chi connectivity index (χ3n) is 1.85. The molecule has 0 aliphatic carbocycles. The predicted octanol–water partition coefficient (Wildman–Crippen LogP) is -0.0521. The molecule has 0 amide bonds. The zero-order valence-corrected chi connectivity index (χ0v) is 8.99. The number of carbonyl (C=O) groups excluding carboxylic acids is 1. The first-order valence-corrected chi connectivity index (χ1v) is 4.72. The summed E-state index contributed by atoms with van der Waals surface area (Å²) in [6, 6.07) is 0. The Morgan fingerprint density at radius 3 is 2.62 bits per heavy atom. The van der Waals surface area contributed by atoms with Gasteiger partial charge in [-0.3, -0.25) is 9.78 Å². The molecule has 1 aromatic heterocycles. The summed E-state index contributed by atoms with van der Waals surface area (Å²) in [5.41, 5.74) is -0.487. The van der Waals surface area contributed by atoms with Crippen molar-refractivity contribution in [2.45, 2.75) is 13.8 Å². The number of carbonyl (C=O) groups is 1. The average molecular weight is 224 g/mol. The first-order valence-electron chi connectivity index (χ1n) is 4.72. The molecule has 0 unspecified atom stereocenters. The second kappa shape index (κ2) is 5.11. The topological polar surface area (TPSA) is 92.0 Å². The average Bonchev–Trinajstić information content (AvgIpc) is 2.16. The van der Waals surface area contributed by atoms with Gasteiger partial charge in [-0.2, -0.15) is 0 Å². The van der Waals surface area contributed by atoms with Gasteiger partial charge < -0.3 is 9.72 Å². The van der Waals surface area contributed by atoms with Gasteiger partial charge in [0.2, 0.25) is 0 Å². The van der Waals surface area contributed by atoms with Crippen LogP contribution in [-0.4, -0.2) is 22.5 Å². The Balaban J connectivity index is 3.03. The predicted molar refractivity (Wildman–Crippen MR) is 58.1 cm³/mol. The van der Waals surface area contributed by atoms with Crippen LogP contribution in [0.4, 0.5) is 0 Å². The van der Waals surface area contributed by atoms with Gasteiger partial charge in [-0.05, 0) is 19.9 Å². The highest BCUT2D eigenvalue weighted by Crippen LogP contribution is 1.98. The Morgan fingerprint density at radius 1 is 1.38 bits per heavy atom. The summed E-state index contributed by atoms with van der Waals surface area (Å²) in [5.74, 6) is -0.535. The normalized spacial score (nSPS) is 10.6. The molecule has 6 heteroatoms. The van der Waals surface area contributed by atoms with E-state index in [1.807, 2.05) is 0 Å². The Kier molecular flexibility index (Phi) is 3.82. The summed E-state index contributed by atoms with van der Waals surface area (Å²) in [6.07, 6.45) is 2.45. The fourth-order valence-electron chi connectivity index (χ4n) is 1.15. The molecule has 2 N–H and O–H groups in total. The largest absolute Gasteiger partial charge is 0.463 e. The van der Waals surface area contributed by atoms with E-state index in [-0.39, 0.29) is 12.2 Å². The Labute approximate surface area is 91.0 Å². The highest BCUT2D eigenvalue weighted by Gasteiger charge is 2.02. The summed E-state index contributed by atoms with van der Waals surface area (Å²) in [7, 11) is 0. The van der Waals surface area contributed by atoms with Gasteiger partial charge in [0, 0.05) is 11.8 Å². The van der Waals surface area contributed by atoms with Gasteiger partial charge in [-0.1, -0.05) is 0 Å². The van der Waals surface area contributed by atoms with E-state index < -0.39 is 17.2 Å². The second-order valence-electron chi connectivity index (χ2n) is 3.03. The number of esters is 1. The SMILES string of the molecule is CCOC(=O)/C=C\c1c(C)[nH]c(=O)[nH]c1=O. The van der Waals surface area contributed by atoms with E-state index in [1.165, 1.54) is 6.08 Å². The molecule has 6 nitrogen and oxygen atoms in total. The lowest BCUT2D eigenvalue weighted by atomic mass is 10.2. The zero-order chi connectivity index (χ0) is 12.1. The fourth-order valence-corrected chi connectivity index (χ4v) is 1.15. The third-order valence-corrected chi connectivity index (χ3v) is 1.85. The molecular weight excluding hydrogens is 212 g/mol. The number of ether oxygens (including phenoxy) is 1. The first-order chi connectivity index (χ1) is 7.54.